The highest BCUT2D eigenvalue weighted by molar-refractivity contribution is 6.31. The van der Waals surface area contributed by atoms with E-state index in [1.807, 2.05) is 0 Å². The number of rotatable bonds is 1. The minimum atomic E-state index is -0.345. The van der Waals surface area contributed by atoms with Crippen molar-refractivity contribution in [3.8, 4) is 0 Å². The maximum Gasteiger partial charge on any atom is 0.280 e. The van der Waals surface area contributed by atoms with Gasteiger partial charge in [-0.2, -0.15) is 0 Å². The molecule has 0 bridgehead atoms. The summed E-state index contributed by atoms with van der Waals surface area (Å²) in [5.74, 6) is -0.345. The normalized spacial score (nSPS) is 13.4. The molecule has 88 valence electrons. The van der Waals surface area contributed by atoms with E-state index in [2.05, 4.69) is 15.0 Å². The summed E-state index contributed by atoms with van der Waals surface area (Å²) in [5, 5.41) is 1.89. The topological polar surface area (TPSA) is 55.2 Å². The number of benzene rings is 1. The van der Waals surface area contributed by atoms with Gasteiger partial charge in [-0.05, 0) is 35.9 Å². The Hall–Kier alpha value is -1.78. The van der Waals surface area contributed by atoms with Gasteiger partial charge in [0.15, 0.2) is 0 Å². The van der Waals surface area contributed by atoms with Crippen molar-refractivity contribution < 1.29 is 4.79 Å². The van der Waals surface area contributed by atoms with Gasteiger partial charge < -0.3 is 0 Å². The van der Waals surface area contributed by atoms with Crippen LogP contribution in [0.3, 0.4) is 0 Å². The third kappa shape index (κ3) is 1.79. The maximum absolute atomic E-state index is 11.9. The summed E-state index contributed by atoms with van der Waals surface area (Å²) in [4.78, 5) is 23.7. The number of halogens is 2. The lowest BCUT2D eigenvalue weighted by atomic mass is 10.1. The van der Waals surface area contributed by atoms with Crippen molar-refractivity contribution >= 4 is 34.7 Å². The molecule has 1 aromatic carbocycles. The van der Waals surface area contributed by atoms with Crippen molar-refractivity contribution in [2.24, 2.45) is 4.99 Å². The van der Waals surface area contributed by atoms with E-state index in [1.54, 1.807) is 24.3 Å². The summed E-state index contributed by atoms with van der Waals surface area (Å²) in [5.41, 5.74) is 0.849. The summed E-state index contributed by atoms with van der Waals surface area (Å²) in [6.07, 6.45) is 1.49. The molecule has 0 saturated carbocycles. The van der Waals surface area contributed by atoms with Crippen LogP contribution < -0.4 is 10.6 Å². The van der Waals surface area contributed by atoms with E-state index < -0.39 is 0 Å². The molecule has 6 heteroatoms. The molecule has 2 heterocycles. The van der Waals surface area contributed by atoms with E-state index in [-0.39, 0.29) is 11.2 Å². The Balaban J connectivity index is 2.38. The predicted molar refractivity (Wildman–Crippen MR) is 66.8 cm³/mol. The third-order valence-electron chi connectivity index (χ3n) is 2.55. The lowest BCUT2D eigenvalue weighted by Gasteiger charge is -1.99. The van der Waals surface area contributed by atoms with Crippen LogP contribution in [0.4, 0.5) is 0 Å². The van der Waals surface area contributed by atoms with Crippen molar-refractivity contribution in [3.63, 3.8) is 0 Å². The van der Waals surface area contributed by atoms with Gasteiger partial charge in [-0.25, -0.2) is 15.0 Å². The molecular formula is C12H5Cl2N3O. The van der Waals surface area contributed by atoms with Crippen molar-refractivity contribution in [1.29, 1.82) is 0 Å². The van der Waals surface area contributed by atoms with E-state index in [0.717, 1.165) is 0 Å². The number of amides is 1. The Morgan fingerprint density at radius 1 is 1.11 bits per heavy atom. The Morgan fingerprint density at radius 3 is 2.72 bits per heavy atom. The van der Waals surface area contributed by atoms with Crippen molar-refractivity contribution in [2.75, 3.05) is 0 Å². The van der Waals surface area contributed by atoms with Crippen LogP contribution in [0.2, 0.25) is 10.3 Å². The molecule has 0 radical (unpaired) electrons. The molecule has 0 atom stereocenters. The first kappa shape index (κ1) is 11.3. The molecule has 1 amide bonds. The molecule has 2 aromatic rings. The van der Waals surface area contributed by atoms with Crippen LogP contribution in [0.5, 0.6) is 0 Å². The fraction of sp³-hybridized carbons (Fsp3) is 0. The molecule has 0 spiro atoms. The van der Waals surface area contributed by atoms with Gasteiger partial charge in [-0.15, -0.1) is 0 Å². The summed E-state index contributed by atoms with van der Waals surface area (Å²) < 4.78 is 0. The largest absolute Gasteiger partial charge is 0.280 e. The van der Waals surface area contributed by atoms with Gasteiger partial charge in [-0.3, -0.25) is 4.79 Å². The molecule has 1 aliphatic heterocycles. The van der Waals surface area contributed by atoms with Crippen LogP contribution in [-0.2, 0) is 4.79 Å². The molecule has 1 aliphatic rings. The average Bonchev–Trinajstić information content (AvgIpc) is 2.64. The molecule has 0 fully saturated rings. The van der Waals surface area contributed by atoms with E-state index >= 15 is 0 Å². The van der Waals surface area contributed by atoms with Gasteiger partial charge in [0.25, 0.3) is 5.91 Å². The van der Waals surface area contributed by atoms with E-state index in [4.69, 9.17) is 23.2 Å². The highest BCUT2D eigenvalue weighted by atomic mass is 35.5. The zero-order valence-electron chi connectivity index (χ0n) is 8.89. The van der Waals surface area contributed by atoms with Crippen LogP contribution in [0.1, 0.15) is 5.69 Å². The van der Waals surface area contributed by atoms with E-state index in [9.17, 15) is 4.79 Å². The van der Waals surface area contributed by atoms with Crippen molar-refractivity contribution in [2.45, 2.75) is 0 Å². The highest BCUT2D eigenvalue weighted by Gasteiger charge is 2.19. The van der Waals surface area contributed by atoms with Crippen LogP contribution in [0.25, 0.3) is 5.57 Å². The second-order valence-corrected chi connectivity index (χ2v) is 4.44. The molecule has 4 nitrogen and oxygen atoms in total. The van der Waals surface area contributed by atoms with Crippen LogP contribution in [0.15, 0.2) is 35.5 Å². The van der Waals surface area contributed by atoms with Gasteiger partial charge in [0, 0.05) is 16.4 Å². The first-order chi connectivity index (χ1) is 8.65. The second-order valence-electron chi connectivity index (χ2n) is 3.66. The van der Waals surface area contributed by atoms with Crippen molar-refractivity contribution in [1.82, 2.24) is 9.97 Å². The molecule has 0 saturated heterocycles. The Morgan fingerprint density at radius 2 is 1.94 bits per heavy atom. The van der Waals surface area contributed by atoms with E-state index in [1.165, 1.54) is 6.20 Å². The summed E-state index contributed by atoms with van der Waals surface area (Å²) in [6, 6.07) is 6.69. The maximum atomic E-state index is 11.9. The number of carbonyl (C=O) groups is 1. The zero-order valence-corrected chi connectivity index (χ0v) is 10.4. The molecule has 1 aromatic heterocycles. The summed E-state index contributed by atoms with van der Waals surface area (Å²) in [6.45, 7) is 0. The minimum absolute atomic E-state index is 0.0864. The quantitative estimate of drug-likeness (QED) is 0.735. The number of nitrogens with zero attached hydrogens (tertiary/aromatic N) is 3. The Kier molecular flexibility index (Phi) is 2.61. The van der Waals surface area contributed by atoms with Gasteiger partial charge in [0.1, 0.15) is 0 Å². The highest BCUT2D eigenvalue weighted by Crippen LogP contribution is 2.14. The average molecular weight is 278 g/mol. The lowest BCUT2D eigenvalue weighted by molar-refractivity contribution is -0.112. The van der Waals surface area contributed by atoms with Crippen LogP contribution in [-0.4, -0.2) is 15.9 Å². The molecule has 0 unspecified atom stereocenters. The van der Waals surface area contributed by atoms with Gasteiger partial charge in [0.2, 0.25) is 5.28 Å². The Bertz CT molecular complexity index is 786. The fourth-order valence-electron chi connectivity index (χ4n) is 1.81. The fourth-order valence-corrected chi connectivity index (χ4v) is 2.13. The third-order valence-corrected chi connectivity index (χ3v) is 2.96. The first-order valence-electron chi connectivity index (χ1n) is 5.07. The SMILES string of the molecule is O=C1N=c2ccc(Cl)cc2=C1c1ccnc(Cl)n1. The smallest absolute Gasteiger partial charge is 0.267 e. The zero-order chi connectivity index (χ0) is 12.7. The number of aromatic nitrogens is 2. The number of carbonyl (C=O) groups excluding carboxylic acids is 1. The molecule has 0 aliphatic carbocycles. The predicted octanol–water partition coefficient (Wildman–Crippen LogP) is 1.14. The lowest BCUT2D eigenvalue weighted by Crippen LogP contribution is -2.23. The monoisotopic (exact) mass is 277 g/mol. The Labute approximate surface area is 112 Å². The van der Waals surface area contributed by atoms with Crippen molar-refractivity contribution in [3.05, 3.63) is 57.0 Å². The first-order valence-corrected chi connectivity index (χ1v) is 5.82. The van der Waals surface area contributed by atoms with Gasteiger partial charge in [0.05, 0.1) is 16.6 Å². The van der Waals surface area contributed by atoms with Crippen LogP contribution >= 0.6 is 23.2 Å². The van der Waals surface area contributed by atoms with Gasteiger partial charge in [-0.1, -0.05) is 11.6 Å². The summed E-state index contributed by atoms with van der Waals surface area (Å²) in [7, 11) is 0. The number of hydrogen-bond acceptors (Lipinski definition) is 3. The molecule has 18 heavy (non-hydrogen) atoms. The number of hydrogen-bond donors (Lipinski definition) is 0. The second kappa shape index (κ2) is 4.15. The van der Waals surface area contributed by atoms with Crippen LogP contribution in [0, 0.1) is 0 Å². The van der Waals surface area contributed by atoms with E-state index in [0.29, 0.717) is 26.9 Å². The molecule has 0 N–H and O–H groups in total. The summed E-state index contributed by atoms with van der Waals surface area (Å²) >= 11 is 11.7. The molecule has 3 rings (SSSR count). The van der Waals surface area contributed by atoms with Gasteiger partial charge >= 0.3 is 0 Å². The molecular weight excluding hydrogens is 273 g/mol. The standard InChI is InChI=1S/C12H5Cl2N3O/c13-6-1-2-8-7(5-6)10(11(18)16-8)9-3-4-15-12(14)17-9/h1-5H. The number of fused-ring (bicyclic) bond motifs is 1. The minimum Gasteiger partial charge on any atom is -0.267 e.